The summed E-state index contributed by atoms with van der Waals surface area (Å²) >= 11 is 1.88. The molecule has 0 bridgehead atoms. The summed E-state index contributed by atoms with van der Waals surface area (Å²) in [6.45, 7) is 0.945. The minimum Gasteiger partial charge on any atom is -0.372 e. The van der Waals surface area contributed by atoms with Gasteiger partial charge in [0.25, 0.3) is 0 Å². The van der Waals surface area contributed by atoms with Gasteiger partial charge in [-0.05, 0) is 22.9 Å². The van der Waals surface area contributed by atoms with Gasteiger partial charge in [-0.15, -0.1) is 11.8 Å². The van der Waals surface area contributed by atoms with E-state index in [4.69, 9.17) is 4.74 Å². The van der Waals surface area contributed by atoms with E-state index in [0.29, 0.717) is 6.10 Å². The van der Waals surface area contributed by atoms with Crippen molar-refractivity contribution in [3.8, 4) is 0 Å². The Kier molecular flexibility index (Phi) is 2.39. The lowest BCUT2D eigenvalue weighted by atomic mass is 10.1. The average Bonchev–Trinajstić information content (AvgIpc) is 3.10. The molecule has 0 aliphatic carbocycles. The van der Waals surface area contributed by atoms with E-state index in [9.17, 15) is 0 Å². The average molecular weight is 216 g/mol. The molecule has 1 aliphatic rings. The molecule has 0 unspecified atom stereocenters. The molecule has 2 aromatic carbocycles. The number of hydrogen-bond donors (Lipinski definition) is 0. The Hall–Kier alpha value is -0.990. The number of hydrogen-bond acceptors (Lipinski definition) is 2. The molecule has 0 radical (unpaired) electrons. The third-order valence-corrected chi connectivity index (χ3v) is 3.68. The number of fused-ring (bicyclic) bond motifs is 1. The van der Waals surface area contributed by atoms with Crippen molar-refractivity contribution in [1.29, 1.82) is 0 Å². The first-order chi connectivity index (χ1) is 7.42. The molecule has 1 nitrogen and oxygen atoms in total. The molecule has 0 N–H and O–H groups in total. The van der Waals surface area contributed by atoms with Crippen LogP contribution in [0.3, 0.4) is 0 Å². The van der Waals surface area contributed by atoms with Gasteiger partial charge in [-0.1, -0.05) is 30.3 Å². The SMILES string of the molecule is c1ccc2cc(SC[C@H]3CO3)ccc2c1. The fourth-order valence-corrected chi connectivity index (χ4v) is 2.56. The van der Waals surface area contributed by atoms with Crippen LogP contribution in [0.25, 0.3) is 10.8 Å². The molecule has 1 atom stereocenters. The molecule has 15 heavy (non-hydrogen) atoms. The summed E-state index contributed by atoms with van der Waals surface area (Å²) < 4.78 is 5.20. The highest BCUT2D eigenvalue weighted by Crippen LogP contribution is 2.26. The predicted octanol–water partition coefficient (Wildman–Crippen LogP) is 3.33. The fraction of sp³-hybridized carbons (Fsp3) is 0.231. The summed E-state index contributed by atoms with van der Waals surface area (Å²) in [5.41, 5.74) is 0. The van der Waals surface area contributed by atoms with E-state index in [1.165, 1.54) is 15.7 Å². The molecule has 1 fully saturated rings. The monoisotopic (exact) mass is 216 g/mol. The molecule has 0 aromatic heterocycles. The van der Waals surface area contributed by atoms with Gasteiger partial charge in [0.05, 0.1) is 12.7 Å². The van der Waals surface area contributed by atoms with Crippen LogP contribution >= 0.6 is 11.8 Å². The van der Waals surface area contributed by atoms with Crippen LogP contribution in [0.1, 0.15) is 0 Å². The summed E-state index contributed by atoms with van der Waals surface area (Å²) in [5, 5.41) is 2.63. The van der Waals surface area contributed by atoms with E-state index < -0.39 is 0 Å². The van der Waals surface area contributed by atoms with Crippen LogP contribution < -0.4 is 0 Å². The smallest absolute Gasteiger partial charge is 0.0903 e. The number of benzene rings is 2. The first-order valence-electron chi connectivity index (χ1n) is 5.15. The van der Waals surface area contributed by atoms with Gasteiger partial charge < -0.3 is 4.74 Å². The minimum absolute atomic E-state index is 0.501. The summed E-state index contributed by atoms with van der Waals surface area (Å²) in [6.07, 6.45) is 0.501. The second-order valence-corrected chi connectivity index (χ2v) is 4.87. The van der Waals surface area contributed by atoms with Crippen molar-refractivity contribution in [2.45, 2.75) is 11.0 Å². The molecule has 1 heterocycles. The van der Waals surface area contributed by atoms with Crippen molar-refractivity contribution in [3.63, 3.8) is 0 Å². The van der Waals surface area contributed by atoms with Crippen molar-refractivity contribution >= 4 is 22.5 Å². The van der Waals surface area contributed by atoms with Gasteiger partial charge >= 0.3 is 0 Å². The number of rotatable bonds is 3. The second-order valence-electron chi connectivity index (χ2n) is 3.78. The van der Waals surface area contributed by atoms with Crippen LogP contribution in [0.5, 0.6) is 0 Å². The van der Waals surface area contributed by atoms with Crippen LogP contribution in [0, 0.1) is 0 Å². The lowest BCUT2D eigenvalue weighted by Gasteiger charge is -2.02. The van der Waals surface area contributed by atoms with Gasteiger partial charge in [0.1, 0.15) is 0 Å². The molecule has 1 saturated heterocycles. The quantitative estimate of drug-likeness (QED) is 0.576. The zero-order valence-corrected chi connectivity index (χ0v) is 9.17. The number of epoxide rings is 1. The van der Waals surface area contributed by atoms with Crippen molar-refractivity contribution in [2.24, 2.45) is 0 Å². The normalized spacial score (nSPS) is 19.3. The van der Waals surface area contributed by atoms with Crippen molar-refractivity contribution in [1.82, 2.24) is 0 Å². The molecule has 2 aromatic rings. The Labute approximate surface area is 93.4 Å². The van der Waals surface area contributed by atoms with E-state index >= 15 is 0 Å². The van der Waals surface area contributed by atoms with Gasteiger partial charge in [0.15, 0.2) is 0 Å². The summed E-state index contributed by atoms with van der Waals surface area (Å²) in [4.78, 5) is 1.34. The summed E-state index contributed by atoms with van der Waals surface area (Å²) in [5.74, 6) is 1.08. The molecule has 0 amide bonds. The molecule has 0 saturated carbocycles. The first-order valence-corrected chi connectivity index (χ1v) is 6.13. The Morgan fingerprint density at radius 1 is 1.13 bits per heavy atom. The number of thioether (sulfide) groups is 1. The standard InChI is InChI=1S/C13H12OS/c1-2-4-11-7-13(6-5-10(11)3-1)15-9-12-8-14-12/h1-7,12H,8-9H2/t12-/m1/s1. The van der Waals surface area contributed by atoms with Gasteiger partial charge in [0, 0.05) is 10.6 Å². The highest BCUT2D eigenvalue weighted by molar-refractivity contribution is 7.99. The lowest BCUT2D eigenvalue weighted by molar-refractivity contribution is 0.426. The zero-order valence-electron chi connectivity index (χ0n) is 8.35. The highest BCUT2D eigenvalue weighted by atomic mass is 32.2. The summed E-state index contributed by atoms with van der Waals surface area (Å²) in [7, 11) is 0. The Morgan fingerprint density at radius 2 is 1.93 bits per heavy atom. The molecule has 3 rings (SSSR count). The molecule has 0 spiro atoms. The van der Waals surface area contributed by atoms with Crippen molar-refractivity contribution in [2.75, 3.05) is 12.4 Å². The molecule has 76 valence electrons. The highest BCUT2D eigenvalue weighted by Gasteiger charge is 2.22. The van der Waals surface area contributed by atoms with E-state index in [1.54, 1.807) is 0 Å². The molecule has 1 aliphatic heterocycles. The van der Waals surface area contributed by atoms with Gasteiger partial charge in [0.2, 0.25) is 0 Å². The Bertz CT molecular complexity index is 477. The van der Waals surface area contributed by atoms with Crippen LogP contribution in [0.4, 0.5) is 0 Å². The Morgan fingerprint density at radius 3 is 2.73 bits per heavy atom. The maximum atomic E-state index is 5.20. The third kappa shape index (κ3) is 2.16. The van der Waals surface area contributed by atoms with Gasteiger partial charge in [-0.3, -0.25) is 0 Å². The predicted molar refractivity (Wildman–Crippen MR) is 64.4 cm³/mol. The van der Waals surface area contributed by atoms with E-state index in [1.807, 2.05) is 11.8 Å². The lowest BCUT2D eigenvalue weighted by Crippen LogP contribution is -1.88. The molecule has 2 heteroatoms. The molecular formula is C13H12OS. The van der Waals surface area contributed by atoms with E-state index in [0.717, 1.165) is 12.4 Å². The van der Waals surface area contributed by atoms with Crippen LogP contribution in [0.15, 0.2) is 47.4 Å². The van der Waals surface area contributed by atoms with E-state index in [2.05, 4.69) is 42.5 Å². The van der Waals surface area contributed by atoms with Crippen molar-refractivity contribution in [3.05, 3.63) is 42.5 Å². The maximum Gasteiger partial charge on any atom is 0.0903 e. The topological polar surface area (TPSA) is 12.5 Å². The van der Waals surface area contributed by atoms with Gasteiger partial charge in [-0.2, -0.15) is 0 Å². The largest absolute Gasteiger partial charge is 0.372 e. The van der Waals surface area contributed by atoms with Gasteiger partial charge in [-0.25, -0.2) is 0 Å². The Balaban J connectivity index is 1.84. The summed E-state index contributed by atoms with van der Waals surface area (Å²) in [6, 6.07) is 15.1. The number of ether oxygens (including phenoxy) is 1. The molecular weight excluding hydrogens is 204 g/mol. The van der Waals surface area contributed by atoms with Crippen LogP contribution in [0.2, 0.25) is 0 Å². The minimum atomic E-state index is 0.501. The third-order valence-electron chi connectivity index (χ3n) is 2.56. The van der Waals surface area contributed by atoms with Crippen LogP contribution in [-0.2, 0) is 4.74 Å². The van der Waals surface area contributed by atoms with Crippen LogP contribution in [-0.4, -0.2) is 18.5 Å². The first kappa shape index (κ1) is 9.25. The second kappa shape index (κ2) is 3.87. The fourth-order valence-electron chi connectivity index (χ4n) is 1.61. The van der Waals surface area contributed by atoms with Crippen molar-refractivity contribution < 1.29 is 4.74 Å². The maximum absolute atomic E-state index is 5.20. The zero-order chi connectivity index (χ0) is 10.1. The van der Waals surface area contributed by atoms with E-state index in [-0.39, 0.29) is 0 Å².